The molecular weight excluding hydrogens is 394 g/mol. The molecule has 0 radical (unpaired) electrons. The minimum atomic E-state index is -0.0388. The third-order valence-electron chi connectivity index (χ3n) is 5.68. The van der Waals surface area contributed by atoms with Gasteiger partial charge in [0.2, 0.25) is 5.91 Å². The maximum Gasteiger partial charge on any atom is 0.253 e. The Morgan fingerprint density at radius 3 is 2.52 bits per heavy atom. The van der Waals surface area contributed by atoms with Crippen molar-refractivity contribution >= 4 is 11.8 Å². The second kappa shape index (κ2) is 9.55. The SMILES string of the molecule is Cc1cc(C(=O)N2CCC(C(=O)NCC(C)(C)CN(C)C)CC2)ccc1-n1cnnn1. The maximum absolute atomic E-state index is 13.0. The second-order valence-electron chi connectivity index (χ2n) is 9.44. The van der Waals surface area contributed by atoms with E-state index in [2.05, 4.69) is 39.6 Å². The fourth-order valence-corrected chi connectivity index (χ4v) is 4.23. The van der Waals surface area contributed by atoms with Crippen LogP contribution in [0, 0.1) is 18.3 Å². The Labute approximate surface area is 183 Å². The summed E-state index contributed by atoms with van der Waals surface area (Å²) in [6, 6.07) is 5.53. The monoisotopic (exact) mass is 427 g/mol. The standard InChI is InChI=1S/C22H33N7O2/c1-16-12-18(6-7-19(16)29-15-24-25-26-29)21(31)28-10-8-17(9-11-28)20(30)23-13-22(2,3)14-27(4)5/h6-7,12,15,17H,8-11,13-14H2,1-5H3,(H,23,30). The summed E-state index contributed by atoms with van der Waals surface area (Å²) in [7, 11) is 4.08. The average Bonchev–Trinajstić information content (AvgIpc) is 3.25. The van der Waals surface area contributed by atoms with Crippen LogP contribution < -0.4 is 5.32 Å². The normalized spacial score (nSPS) is 15.4. The molecule has 1 aromatic carbocycles. The highest BCUT2D eigenvalue weighted by molar-refractivity contribution is 5.95. The van der Waals surface area contributed by atoms with Gasteiger partial charge in [-0.05, 0) is 73.5 Å². The largest absolute Gasteiger partial charge is 0.355 e. The first kappa shape index (κ1) is 22.9. The first-order valence-corrected chi connectivity index (χ1v) is 10.7. The van der Waals surface area contributed by atoms with Gasteiger partial charge < -0.3 is 15.1 Å². The number of benzene rings is 1. The molecule has 168 valence electrons. The van der Waals surface area contributed by atoms with E-state index in [0.717, 1.165) is 17.8 Å². The summed E-state index contributed by atoms with van der Waals surface area (Å²) >= 11 is 0. The van der Waals surface area contributed by atoms with Crippen LogP contribution in [0.1, 0.15) is 42.6 Å². The minimum Gasteiger partial charge on any atom is -0.355 e. The van der Waals surface area contributed by atoms with E-state index in [9.17, 15) is 9.59 Å². The number of hydrogen-bond donors (Lipinski definition) is 1. The summed E-state index contributed by atoms with van der Waals surface area (Å²) in [5.74, 6) is 0.0565. The fraction of sp³-hybridized carbons (Fsp3) is 0.591. The van der Waals surface area contributed by atoms with Crippen molar-refractivity contribution in [2.75, 3.05) is 40.3 Å². The molecule has 9 nitrogen and oxygen atoms in total. The molecule has 1 aromatic heterocycles. The summed E-state index contributed by atoms with van der Waals surface area (Å²) in [4.78, 5) is 29.6. The smallest absolute Gasteiger partial charge is 0.253 e. The van der Waals surface area contributed by atoms with Crippen molar-refractivity contribution in [3.8, 4) is 5.69 Å². The van der Waals surface area contributed by atoms with Crippen molar-refractivity contribution in [3.05, 3.63) is 35.7 Å². The van der Waals surface area contributed by atoms with E-state index in [1.54, 1.807) is 10.7 Å². The molecule has 31 heavy (non-hydrogen) atoms. The number of aromatic nitrogens is 4. The van der Waals surface area contributed by atoms with Crippen LogP contribution in [0.4, 0.5) is 0 Å². The van der Waals surface area contributed by atoms with Crippen molar-refractivity contribution < 1.29 is 9.59 Å². The molecule has 0 atom stereocenters. The number of nitrogens with one attached hydrogen (secondary N) is 1. The van der Waals surface area contributed by atoms with Gasteiger partial charge in [-0.2, -0.15) is 0 Å². The Bertz CT molecular complexity index is 901. The van der Waals surface area contributed by atoms with E-state index in [1.165, 1.54) is 6.33 Å². The molecule has 0 spiro atoms. The van der Waals surface area contributed by atoms with Gasteiger partial charge in [0.05, 0.1) is 5.69 Å². The zero-order valence-electron chi connectivity index (χ0n) is 19.1. The maximum atomic E-state index is 13.0. The summed E-state index contributed by atoms with van der Waals surface area (Å²) in [6.07, 6.45) is 2.90. The van der Waals surface area contributed by atoms with Gasteiger partial charge in [0, 0.05) is 37.7 Å². The molecule has 2 aromatic rings. The molecule has 0 aliphatic carbocycles. The first-order chi connectivity index (χ1) is 14.7. The Balaban J connectivity index is 1.53. The van der Waals surface area contributed by atoms with Crippen LogP contribution in [-0.4, -0.2) is 82.1 Å². The molecule has 0 saturated carbocycles. The van der Waals surface area contributed by atoms with Crippen molar-refractivity contribution in [2.24, 2.45) is 11.3 Å². The van der Waals surface area contributed by atoms with Gasteiger partial charge in [-0.3, -0.25) is 9.59 Å². The Morgan fingerprint density at radius 1 is 1.23 bits per heavy atom. The number of rotatable bonds is 7. The van der Waals surface area contributed by atoms with Gasteiger partial charge in [-0.1, -0.05) is 13.8 Å². The van der Waals surface area contributed by atoms with E-state index in [4.69, 9.17) is 0 Å². The fourth-order valence-electron chi connectivity index (χ4n) is 4.23. The number of amides is 2. The molecule has 2 heterocycles. The van der Waals surface area contributed by atoms with E-state index < -0.39 is 0 Å². The number of nitrogens with zero attached hydrogens (tertiary/aromatic N) is 6. The minimum absolute atomic E-state index is 0.00246. The predicted octanol–water partition coefficient (Wildman–Crippen LogP) is 1.53. The lowest BCUT2D eigenvalue weighted by atomic mass is 9.91. The second-order valence-corrected chi connectivity index (χ2v) is 9.44. The molecule has 3 rings (SSSR count). The van der Waals surface area contributed by atoms with E-state index in [0.29, 0.717) is 38.0 Å². The quantitative estimate of drug-likeness (QED) is 0.720. The summed E-state index contributed by atoms with van der Waals surface area (Å²) in [5, 5.41) is 14.3. The summed E-state index contributed by atoms with van der Waals surface area (Å²) in [5.41, 5.74) is 2.42. The average molecular weight is 428 g/mol. The van der Waals surface area contributed by atoms with E-state index in [1.807, 2.05) is 38.1 Å². The van der Waals surface area contributed by atoms with Crippen LogP contribution in [0.2, 0.25) is 0 Å². The van der Waals surface area contributed by atoms with Crippen LogP contribution in [0.3, 0.4) is 0 Å². The van der Waals surface area contributed by atoms with Crippen molar-refractivity contribution in [2.45, 2.75) is 33.6 Å². The van der Waals surface area contributed by atoms with Gasteiger partial charge in [0.25, 0.3) is 5.91 Å². The van der Waals surface area contributed by atoms with Crippen molar-refractivity contribution in [3.63, 3.8) is 0 Å². The topological polar surface area (TPSA) is 96.2 Å². The lowest BCUT2D eigenvalue weighted by Crippen LogP contribution is -2.46. The third-order valence-corrected chi connectivity index (χ3v) is 5.68. The molecule has 1 aliphatic heterocycles. The molecule has 0 bridgehead atoms. The van der Waals surface area contributed by atoms with Crippen LogP contribution >= 0.6 is 0 Å². The molecule has 1 fully saturated rings. The van der Waals surface area contributed by atoms with Crippen LogP contribution in [0.5, 0.6) is 0 Å². The molecule has 9 heteroatoms. The molecule has 2 amide bonds. The van der Waals surface area contributed by atoms with Gasteiger partial charge in [0.15, 0.2) is 0 Å². The van der Waals surface area contributed by atoms with Gasteiger partial charge in [-0.15, -0.1) is 5.10 Å². The van der Waals surface area contributed by atoms with Gasteiger partial charge in [0.1, 0.15) is 6.33 Å². The zero-order chi connectivity index (χ0) is 22.6. The highest BCUT2D eigenvalue weighted by atomic mass is 16.2. The number of aryl methyl sites for hydroxylation is 1. The van der Waals surface area contributed by atoms with Crippen molar-refractivity contribution in [1.82, 2.24) is 35.3 Å². The van der Waals surface area contributed by atoms with Gasteiger partial charge >= 0.3 is 0 Å². The molecule has 1 aliphatic rings. The van der Waals surface area contributed by atoms with Crippen LogP contribution in [0.25, 0.3) is 5.69 Å². The molecule has 1 saturated heterocycles. The van der Waals surface area contributed by atoms with E-state index >= 15 is 0 Å². The number of carbonyl (C=O) groups is 2. The Kier molecular flexibility index (Phi) is 7.04. The number of likely N-dealkylation sites (tertiary alicyclic amines) is 1. The Hall–Kier alpha value is -2.81. The van der Waals surface area contributed by atoms with Gasteiger partial charge in [-0.25, -0.2) is 4.68 Å². The molecule has 0 unspecified atom stereocenters. The van der Waals surface area contributed by atoms with Crippen LogP contribution in [0.15, 0.2) is 24.5 Å². The third kappa shape index (κ3) is 5.88. The lowest BCUT2D eigenvalue weighted by Gasteiger charge is -2.33. The lowest BCUT2D eigenvalue weighted by molar-refractivity contribution is -0.126. The highest BCUT2D eigenvalue weighted by Crippen LogP contribution is 2.22. The highest BCUT2D eigenvalue weighted by Gasteiger charge is 2.29. The Morgan fingerprint density at radius 2 is 1.94 bits per heavy atom. The van der Waals surface area contributed by atoms with E-state index in [-0.39, 0.29) is 23.1 Å². The zero-order valence-corrected chi connectivity index (χ0v) is 19.1. The number of tetrazole rings is 1. The predicted molar refractivity (Wildman–Crippen MR) is 118 cm³/mol. The summed E-state index contributed by atoms with van der Waals surface area (Å²) in [6.45, 7) is 8.98. The van der Waals surface area contributed by atoms with Crippen molar-refractivity contribution in [1.29, 1.82) is 0 Å². The van der Waals surface area contributed by atoms with Crippen LogP contribution in [-0.2, 0) is 4.79 Å². The first-order valence-electron chi connectivity index (χ1n) is 10.7. The number of hydrogen-bond acceptors (Lipinski definition) is 6. The summed E-state index contributed by atoms with van der Waals surface area (Å²) < 4.78 is 1.58. The number of carbonyl (C=O) groups excluding carboxylic acids is 2. The molecular formula is C22H33N7O2. The number of piperidine rings is 1. The molecule has 1 N–H and O–H groups in total.